The Bertz CT molecular complexity index is 579. The van der Waals surface area contributed by atoms with Crippen molar-refractivity contribution in [3.63, 3.8) is 0 Å². The molecule has 0 aromatic heterocycles. The Morgan fingerprint density at radius 1 is 1.06 bits per heavy atom. The lowest BCUT2D eigenvalue weighted by atomic mass is 10.0. The Balaban J connectivity index is 2.60. The third kappa shape index (κ3) is 2.27. The molecule has 3 heteroatoms. The zero-order chi connectivity index (χ0) is 12.6. The van der Waals surface area contributed by atoms with Crippen LogP contribution in [0.1, 0.15) is 11.1 Å². The van der Waals surface area contributed by atoms with Crippen LogP contribution in [0.2, 0.25) is 5.02 Å². The van der Waals surface area contributed by atoms with Crippen molar-refractivity contribution < 1.29 is 4.39 Å². The second-order valence-electron chi connectivity index (χ2n) is 4.15. The molecular weight excluding hydrogens is 237 g/mol. The van der Waals surface area contributed by atoms with Crippen molar-refractivity contribution in [2.75, 3.05) is 5.73 Å². The van der Waals surface area contributed by atoms with Crippen LogP contribution >= 0.6 is 11.6 Å². The second-order valence-corrected chi connectivity index (χ2v) is 4.56. The Hall–Kier alpha value is -1.54. The Labute approximate surface area is 105 Å². The molecular formula is C14H13ClFN. The minimum atomic E-state index is -0.286. The van der Waals surface area contributed by atoms with E-state index in [1.54, 1.807) is 13.0 Å². The molecule has 2 aromatic carbocycles. The maximum Gasteiger partial charge on any atom is 0.127 e. The molecule has 0 aliphatic heterocycles. The second kappa shape index (κ2) is 4.38. The van der Waals surface area contributed by atoms with E-state index in [2.05, 4.69) is 0 Å². The van der Waals surface area contributed by atoms with Crippen molar-refractivity contribution in [3.05, 3.63) is 52.3 Å². The lowest BCUT2D eigenvalue weighted by Crippen LogP contribution is -1.91. The summed E-state index contributed by atoms with van der Waals surface area (Å²) in [7, 11) is 0. The van der Waals surface area contributed by atoms with Gasteiger partial charge in [-0.25, -0.2) is 4.39 Å². The fourth-order valence-electron chi connectivity index (χ4n) is 1.72. The Morgan fingerprint density at radius 2 is 1.76 bits per heavy atom. The molecule has 0 saturated carbocycles. The molecule has 17 heavy (non-hydrogen) atoms. The van der Waals surface area contributed by atoms with Gasteiger partial charge < -0.3 is 5.73 Å². The van der Waals surface area contributed by atoms with E-state index in [-0.39, 0.29) is 5.82 Å². The van der Waals surface area contributed by atoms with Gasteiger partial charge in [0.25, 0.3) is 0 Å². The molecule has 0 aliphatic rings. The molecule has 0 unspecified atom stereocenters. The highest BCUT2D eigenvalue weighted by Crippen LogP contribution is 2.31. The maximum atomic E-state index is 13.3. The van der Waals surface area contributed by atoms with E-state index >= 15 is 0 Å². The van der Waals surface area contributed by atoms with E-state index in [0.29, 0.717) is 10.6 Å². The molecule has 2 aromatic rings. The number of benzene rings is 2. The third-order valence-corrected chi connectivity index (χ3v) is 3.14. The van der Waals surface area contributed by atoms with E-state index in [9.17, 15) is 4.39 Å². The van der Waals surface area contributed by atoms with Crippen LogP contribution in [-0.4, -0.2) is 0 Å². The van der Waals surface area contributed by atoms with Crippen LogP contribution in [0, 0.1) is 19.7 Å². The van der Waals surface area contributed by atoms with Crippen LogP contribution in [0.15, 0.2) is 30.3 Å². The zero-order valence-electron chi connectivity index (χ0n) is 9.72. The van der Waals surface area contributed by atoms with Crippen molar-refractivity contribution in [3.8, 4) is 11.1 Å². The lowest BCUT2D eigenvalue weighted by Gasteiger charge is -2.09. The van der Waals surface area contributed by atoms with Crippen LogP contribution in [0.4, 0.5) is 10.1 Å². The summed E-state index contributed by atoms with van der Waals surface area (Å²) in [5.74, 6) is -0.286. The molecule has 0 spiro atoms. The molecule has 88 valence electrons. The van der Waals surface area contributed by atoms with Crippen LogP contribution in [-0.2, 0) is 0 Å². The fraction of sp³-hybridized carbons (Fsp3) is 0.143. The highest BCUT2D eigenvalue weighted by atomic mass is 35.5. The highest BCUT2D eigenvalue weighted by Gasteiger charge is 2.08. The summed E-state index contributed by atoms with van der Waals surface area (Å²) in [5, 5.41) is 0.414. The van der Waals surface area contributed by atoms with Gasteiger partial charge in [-0.1, -0.05) is 17.7 Å². The van der Waals surface area contributed by atoms with E-state index in [0.717, 1.165) is 22.4 Å². The number of halogens is 2. The fourth-order valence-corrected chi connectivity index (χ4v) is 1.98. The van der Waals surface area contributed by atoms with Crippen LogP contribution in [0.5, 0.6) is 0 Å². The smallest absolute Gasteiger partial charge is 0.127 e. The van der Waals surface area contributed by atoms with Gasteiger partial charge in [-0.3, -0.25) is 0 Å². The molecule has 0 amide bonds. The predicted octanol–water partition coefficient (Wildman–Crippen LogP) is 4.35. The van der Waals surface area contributed by atoms with Gasteiger partial charge in [0.15, 0.2) is 0 Å². The first-order chi connectivity index (χ1) is 7.99. The maximum absolute atomic E-state index is 13.3. The first-order valence-electron chi connectivity index (χ1n) is 5.31. The van der Waals surface area contributed by atoms with Crippen molar-refractivity contribution in [2.45, 2.75) is 13.8 Å². The molecule has 2 rings (SSSR count). The SMILES string of the molecule is Cc1cc(-c2cc(C)c(F)cc2Cl)ccc1N. The van der Waals surface area contributed by atoms with Gasteiger partial charge in [0, 0.05) is 11.3 Å². The number of rotatable bonds is 1. The van der Waals surface area contributed by atoms with Crippen molar-refractivity contribution in [1.82, 2.24) is 0 Å². The van der Waals surface area contributed by atoms with E-state index < -0.39 is 0 Å². The van der Waals surface area contributed by atoms with Gasteiger partial charge in [0.2, 0.25) is 0 Å². The molecule has 0 fully saturated rings. The Kier molecular flexibility index (Phi) is 3.07. The molecule has 0 heterocycles. The monoisotopic (exact) mass is 249 g/mol. The predicted molar refractivity (Wildman–Crippen MR) is 70.7 cm³/mol. The van der Waals surface area contributed by atoms with Crippen LogP contribution in [0.3, 0.4) is 0 Å². The minimum absolute atomic E-state index is 0.286. The summed E-state index contributed by atoms with van der Waals surface area (Å²) in [6.45, 7) is 3.66. The largest absolute Gasteiger partial charge is 0.399 e. The van der Waals surface area contributed by atoms with Gasteiger partial charge in [0.05, 0.1) is 5.02 Å². The Morgan fingerprint density at radius 3 is 2.41 bits per heavy atom. The van der Waals surface area contributed by atoms with Crippen molar-refractivity contribution >= 4 is 17.3 Å². The highest BCUT2D eigenvalue weighted by molar-refractivity contribution is 6.33. The number of nitrogen functional groups attached to an aromatic ring is 1. The molecule has 0 atom stereocenters. The number of nitrogens with two attached hydrogens (primary N) is 1. The topological polar surface area (TPSA) is 26.0 Å². The van der Waals surface area contributed by atoms with E-state index in [1.807, 2.05) is 25.1 Å². The summed E-state index contributed by atoms with van der Waals surface area (Å²) in [6.07, 6.45) is 0. The van der Waals surface area contributed by atoms with Crippen LogP contribution in [0.25, 0.3) is 11.1 Å². The van der Waals surface area contributed by atoms with Gasteiger partial charge in [-0.15, -0.1) is 0 Å². The van der Waals surface area contributed by atoms with Crippen molar-refractivity contribution in [2.24, 2.45) is 0 Å². The van der Waals surface area contributed by atoms with Crippen molar-refractivity contribution in [1.29, 1.82) is 0 Å². The quantitative estimate of drug-likeness (QED) is 0.748. The summed E-state index contributed by atoms with van der Waals surface area (Å²) < 4.78 is 13.3. The minimum Gasteiger partial charge on any atom is -0.399 e. The number of anilines is 1. The summed E-state index contributed by atoms with van der Waals surface area (Å²) in [6, 6.07) is 8.77. The lowest BCUT2D eigenvalue weighted by molar-refractivity contribution is 0.619. The van der Waals surface area contributed by atoms with E-state index in [1.165, 1.54) is 6.07 Å². The molecule has 1 nitrogen and oxygen atoms in total. The molecule has 0 bridgehead atoms. The average molecular weight is 250 g/mol. The normalized spacial score (nSPS) is 10.6. The molecule has 0 saturated heterocycles. The first kappa shape index (κ1) is 11.9. The van der Waals surface area contributed by atoms with Gasteiger partial charge in [-0.2, -0.15) is 0 Å². The number of hydrogen-bond acceptors (Lipinski definition) is 1. The summed E-state index contributed by atoms with van der Waals surface area (Å²) in [4.78, 5) is 0. The van der Waals surface area contributed by atoms with E-state index in [4.69, 9.17) is 17.3 Å². The summed E-state index contributed by atoms with van der Waals surface area (Å²) in [5.41, 5.74) is 9.85. The summed E-state index contributed by atoms with van der Waals surface area (Å²) >= 11 is 6.06. The molecule has 0 radical (unpaired) electrons. The average Bonchev–Trinajstić information content (AvgIpc) is 2.27. The first-order valence-corrected chi connectivity index (χ1v) is 5.69. The molecule has 0 aliphatic carbocycles. The standard InChI is InChI=1S/C14H13ClFN/c1-8-6-11(12(15)7-13(8)16)10-3-4-14(17)9(2)5-10/h3-7H,17H2,1-2H3. The van der Waals surface area contributed by atoms with Gasteiger partial charge in [-0.05, 0) is 54.8 Å². The van der Waals surface area contributed by atoms with Gasteiger partial charge in [0.1, 0.15) is 5.82 Å². The number of aryl methyl sites for hydroxylation is 2. The number of hydrogen-bond donors (Lipinski definition) is 1. The third-order valence-electron chi connectivity index (χ3n) is 2.83. The molecule has 2 N–H and O–H groups in total. The van der Waals surface area contributed by atoms with Crippen LogP contribution < -0.4 is 5.73 Å². The van der Waals surface area contributed by atoms with Gasteiger partial charge >= 0.3 is 0 Å². The zero-order valence-corrected chi connectivity index (χ0v) is 10.5.